The monoisotopic (exact) mass is 282 g/mol. The van der Waals surface area contributed by atoms with Crippen LogP contribution in [-0.4, -0.2) is 62.1 Å². The number of aromatic nitrogens is 2. The highest BCUT2D eigenvalue weighted by Gasteiger charge is 2.38. The lowest BCUT2D eigenvalue weighted by atomic mass is 10.2. The van der Waals surface area contributed by atoms with Gasteiger partial charge in [-0.3, -0.25) is 4.68 Å². The zero-order valence-corrected chi connectivity index (χ0v) is 11.2. The highest BCUT2D eigenvalue weighted by Crippen LogP contribution is 2.18. The fraction of sp³-hybridized carbons (Fsp3) is 0.583. The van der Waals surface area contributed by atoms with Gasteiger partial charge in [-0.2, -0.15) is 5.10 Å². The third-order valence-corrected chi connectivity index (χ3v) is 3.40. The SMILES string of the molecule is Cn1nccc1CCNC(=O)N1CC(O)C[C@H]1C(=O)O. The molecule has 1 unspecified atom stereocenters. The number of aryl methyl sites for hydroxylation is 1. The molecule has 0 spiro atoms. The van der Waals surface area contributed by atoms with E-state index in [0.29, 0.717) is 13.0 Å². The van der Waals surface area contributed by atoms with Crippen molar-refractivity contribution in [2.75, 3.05) is 13.1 Å². The standard InChI is InChI=1S/C12H18N4O4/c1-15-8(3-5-14-15)2-4-13-12(20)16-7-9(17)6-10(16)11(18)19/h3,5,9-10,17H,2,4,6-7H2,1H3,(H,13,20)(H,18,19)/t9?,10-/m0/s1. The van der Waals surface area contributed by atoms with Gasteiger partial charge in [0.25, 0.3) is 0 Å². The zero-order chi connectivity index (χ0) is 14.7. The minimum absolute atomic E-state index is 0.0501. The molecular formula is C12H18N4O4. The van der Waals surface area contributed by atoms with Gasteiger partial charge in [-0.15, -0.1) is 0 Å². The highest BCUT2D eigenvalue weighted by atomic mass is 16.4. The van der Waals surface area contributed by atoms with Gasteiger partial charge in [-0.25, -0.2) is 9.59 Å². The maximum absolute atomic E-state index is 11.9. The molecular weight excluding hydrogens is 264 g/mol. The van der Waals surface area contributed by atoms with Crippen LogP contribution in [-0.2, 0) is 18.3 Å². The summed E-state index contributed by atoms with van der Waals surface area (Å²) in [6.07, 6.45) is 1.58. The molecule has 2 atom stereocenters. The average Bonchev–Trinajstić information content (AvgIpc) is 2.96. The molecule has 1 aromatic heterocycles. The first-order valence-electron chi connectivity index (χ1n) is 6.41. The first-order valence-corrected chi connectivity index (χ1v) is 6.41. The number of hydrogen-bond acceptors (Lipinski definition) is 4. The molecule has 2 rings (SSSR count). The van der Waals surface area contributed by atoms with Crippen molar-refractivity contribution in [1.82, 2.24) is 20.0 Å². The summed E-state index contributed by atoms with van der Waals surface area (Å²) in [6, 6.07) is 0.434. The molecule has 20 heavy (non-hydrogen) atoms. The number of carboxylic acid groups (broad SMARTS) is 1. The largest absolute Gasteiger partial charge is 0.480 e. The van der Waals surface area contributed by atoms with Crippen LogP contribution in [0.15, 0.2) is 12.3 Å². The number of rotatable bonds is 4. The molecule has 1 aliphatic rings. The molecule has 0 radical (unpaired) electrons. The van der Waals surface area contributed by atoms with Crippen molar-refractivity contribution >= 4 is 12.0 Å². The Kier molecular flexibility index (Phi) is 4.23. The van der Waals surface area contributed by atoms with Crippen LogP contribution < -0.4 is 5.32 Å². The van der Waals surface area contributed by atoms with Crippen molar-refractivity contribution in [1.29, 1.82) is 0 Å². The molecule has 0 aromatic carbocycles. The average molecular weight is 282 g/mol. The van der Waals surface area contributed by atoms with Crippen molar-refractivity contribution < 1.29 is 19.8 Å². The molecule has 2 amide bonds. The minimum Gasteiger partial charge on any atom is -0.480 e. The van der Waals surface area contributed by atoms with Gasteiger partial charge < -0.3 is 20.4 Å². The molecule has 1 aromatic rings. The van der Waals surface area contributed by atoms with Gasteiger partial charge in [0.1, 0.15) is 6.04 Å². The molecule has 1 saturated heterocycles. The molecule has 0 saturated carbocycles. The van der Waals surface area contributed by atoms with E-state index in [-0.39, 0.29) is 13.0 Å². The number of nitrogens with zero attached hydrogens (tertiary/aromatic N) is 3. The number of urea groups is 1. The number of amides is 2. The molecule has 110 valence electrons. The fourth-order valence-corrected chi connectivity index (χ4v) is 2.32. The number of carbonyl (C=O) groups excluding carboxylic acids is 1. The number of aliphatic hydroxyl groups is 1. The number of hydrogen-bond donors (Lipinski definition) is 3. The normalized spacial score (nSPS) is 22.0. The summed E-state index contributed by atoms with van der Waals surface area (Å²) in [5.41, 5.74) is 0.974. The van der Waals surface area contributed by atoms with Gasteiger partial charge in [0, 0.05) is 44.9 Å². The summed E-state index contributed by atoms with van der Waals surface area (Å²) in [7, 11) is 1.81. The predicted molar refractivity (Wildman–Crippen MR) is 69.1 cm³/mol. The maximum Gasteiger partial charge on any atom is 0.326 e. The third-order valence-electron chi connectivity index (χ3n) is 3.40. The van der Waals surface area contributed by atoms with Crippen molar-refractivity contribution in [3.8, 4) is 0 Å². The number of carbonyl (C=O) groups is 2. The van der Waals surface area contributed by atoms with Gasteiger partial charge >= 0.3 is 12.0 Å². The van der Waals surface area contributed by atoms with Gasteiger partial charge in [-0.05, 0) is 6.07 Å². The molecule has 2 heterocycles. The predicted octanol–water partition coefficient (Wildman–Crippen LogP) is -0.808. The lowest BCUT2D eigenvalue weighted by molar-refractivity contribution is -0.141. The van der Waals surface area contributed by atoms with Gasteiger partial charge in [0.15, 0.2) is 0 Å². The van der Waals surface area contributed by atoms with Gasteiger partial charge in [-0.1, -0.05) is 0 Å². The second-order valence-corrected chi connectivity index (χ2v) is 4.82. The summed E-state index contributed by atoms with van der Waals surface area (Å²) in [5, 5.41) is 25.2. The highest BCUT2D eigenvalue weighted by molar-refractivity contribution is 5.83. The molecule has 8 heteroatoms. The molecule has 8 nitrogen and oxygen atoms in total. The number of likely N-dealkylation sites (tertiary alicyclic amines) is 1. The van der Waals surface area contributed by atoms with E-state index in [2.05, 4.69) is 10.4 Å². The molecule has 1 fully saturated rings. The van der Waals surface area contributed by atoms with E-state index in [1.165, 1.54) is 0 Å². The third kappa shape index (κ3) is 3.08. The summed E-state index contributed by atoms with van der Waals surface area (Å²) in [5.74, 6) is -1.09. The van der Waals surface area contributed by atoms with Gasteiger partial charge in [0.05, 0.1) is 6.10 Å². The zero-order valence-electron chi connectivity index (χ0n) is 11.2. The summed E-state index contributed by atoms with van der Waals surface area (Å²) in [6.45, 7) is 0.436. The topological polar surface area (TPSA) is 108 Å². The Bertz CT molecular complexity index is 501. The Morgan fingerprint density at radius 1 is 1.55 bits per heavy atom. The lowest BCUT2D eigenvalue weighted by Gasteiger charge is -2.21. The summed E-state index contributed by atoms with van der Waals surface area (Å²) in [4.78, 5) is 24.1. The fourth-order valence-electron chi connectivity index (χ4n) is 2.32. The maximum atomic E-state index is 11.9. The van der Waals surface area contributed by atoms with E-state index >= 15 is 0 Å². The van der Waals surface area contributed by atoms with Crippen LogP contribution in [0.5, 0.6) is 0 Å². The minimum atomic E-state index is -1.09. The van der Waals surface area contributed by atoms with E-state index in [9.17, 15) is 14.7 Å². The second kappa shape index (κ2) is 5.91. The Balaban J connectivity index is 1.85. The van der Waals surface area contributed by atoms with E-state index in [4.69, 9.17) is 5.11 Å². The van der Waals surface area contributed by atoms with Crippen LogP contribution in [0.2, 0.25) is 0 Å². The number of nitrogens with one attached hydrogen (secondary N) is 1. The Morgan fingerprint density at radius 3 is 2.90 bits per heavy atom. The van der Waals surface area contributed by atoms with Gasteiger partial charge in [0.2, 0.25) is 0 Å². The van der Waals surface area contributed by atoms with E-state index in [1.54, 1.807) is 10.9 Å². The molecule has 0 bridgehead atoms. The van der Waals surface area contributed by atoms with Crippen LogP contribution in [0.25, 0.3) is 0 Å². The Hall–Kier alpha value is -2.09. The molecule has 3 N–H and O–H groups in total. The smallest absolute Gasteiger partial charge is 0.326 e. The van der Waals surface area contributed by atoms with Crippen LogP contribution in [0.4, 0.5) is 4.79 Å². The van der Waals surface area contributed by atoms with Crippen LogP contribution in [0, 0.1) is 0 Å². The molecule has 1 aliphatic heterocycles. The number of β-amino-alcohol motifs (C(OH)–C–C–N with tert-alkyl or cyclic N) is 1. The van der Waals surface area contributed by atoms with Crippen molar-refractivity contribution in [2.45, 2.75) is 25.0 Å². The summed E-state index contributed by atoms with van der Waals surface area (Å²) < 4.78 is 1.71. The Labute approximate surface area is 116 Å². The summed E-state index contributed by atoms with van der Waals surface area (Å²) >= 11 is 0. The van der Waals surface area contributed by atoms with Crippen molar-refractivity contribution in [3.63, 3.8) is 0 Å². The van der Waals surface area contributed by atoms with E-state index < -0.39 is 24.1 Å². The quantitative estimate of drug-likeness (QED) is 0.669. The second-order valence-electron chi connectivity index (χ2n) is 4.82. The first kappa shape index (κ1) is 14.3. The number of carboxylic acids is 1. The number of aliphatic hydroxyl groups excluding tert-OH is 1. The van der Waals surface area contributed by atoms with Crippen LogP contribution in [0.3, 0.4) is 0 Å². The van der Waals surface area contributed by atoms with Crippen LogP contribution >= 0.6 is 0 Å². The van der Waals surface area contributed by atoms with Crippen LogP contribution in [0.1, 0.15) is 12.1 Å². The Morgan fingerprint density at radius 2 is 2.30 bits per heavy atom. The van der Waals surface area contributed by atoms with Crippen molar-refractivity contribution in [3.05, 3.63) is 18.0 Å². The van der Waals surface area contributed by atoms with E-state index in [1.807, 2.05) is 13.1 Å². The lowest BCUT2D eigenvalue weighted by Crippen LogP contribution is -2.46. The van der Waals surface area contributed by atoms with E-state index in [0.717, 1.165) is 10.6 Å². The first-order chi connectivity index (χ1) is 9.49. The molecule has 0 aliphatic carbocycles. The number of aliphatic carboxylic acids is 1. The van der Waals surface area contributed by atoms with Crippen molar-refractivity contribution in [2.24, 2.45) is 7.05 Å².